The van der Waals surface area contributed by atoms with Crippen molar-refractivity contribution in [2.24, 2.45) is 5.92 Å². The lowest BCUT2D eigenvalue weighted by Crippen LogP contribution is -2.36. The number of ether oxygens (including phenoxy) is 2. The summed E-state index contributed by atoms with van der Waals surface area (Å²) >= 11 is 0. The van der Waals surface area contributed by atoms with E-state index in [1.165, 1.54) is 4.90 Å². The number of esters is 1. The van der Waals surface area contributed by atoms with Crippen LogP contribution in [0.25, 0.3) is 0 Å². The summed E-state index contributed by atoms with van der Waals surface area (Å²) in [6.07, 6.45) is -1.10. The summed E-state index contributed by atoms with van der Waals surface area (Å²) in [5, 5.41) is 10.00. The molecule has 1 aliphatic rings. The number of amides is 1. The molecule has 21 heavy (non-hydrogen) atoms. The molecule has 6 nitrogen and oxygen atoms in total. The molecule has 0 unspecified atom stereocenters. The molecule has 1 rings (SSSR count). The first-order valence-corrected chi connectivity index (χ1v) is 7.25. The van der Waals surface area contributed by atoms with Crippen molar-refractivity contribution < 1.29 is 24.2 Å². The summed E-state index contributed by atoms with van der Waals surface area (Å²) in [6, 6.07) is 0. The van der Waals surface area contributed by atoms with Gasteiger partial charge in [-0.25, -0.2) is 4.79 Å². The van der Waals surface area contributed by atoms with Crippen molar-refractivity contribution in [2.75, 3.05) is 13.1 Å². The second kappa shape index (κ2) is 6.22. The van der Waals surface area contributed by atoms with Gasteiger partial charge < -0.3 is 19.5 Å². The van der Waals surface area contributed by atoms with E-state index in [-0.39, 0.29) is 24.9 Å². The summed E-state index contributed by atoms with van der Waals surface area (Å²) in [7, 11) is 0. The number of β-amino-alcohol motifs (C(OH)–C–C–N with tert-alkyl or cyclic N) is 1. The number of likely N-dealkylation sites (tertiary alicyclic amines) is 1. The van der Waals surface area contributed by atoms with Gasteiger partial charge in [0.15, 0.2) is 0 Å². The number of carbonyl (C=O) groups excluding carboxylic acids is 2. The minimum atomic E-state index is -0.731. The Labute approximate surface area is 126 Å². The molecule has 1 saturated heterocycles. The second-order valence-corrected chi connectivity index (χ2v) is 7.50. The van der Waals surface area contributed by atoms with Crippen molar-refractivity contribution in [1.82, 2.24) is 4.90 Å². The minimum absolute atomic E-state index is 0.0950. The van der Waals surface area contributed by atoms with E-state index < -0.39 is 23.4 Å². The first kappa shape index (κ1) is 17.8. The number of aliphatic hydroxyl groups excluding tert-OH is 1. The molecule has 122 valence electrons. The predicted molar refractivity (Wildman–Crippen MR) is 77.8 cm³/mol. The van der Waals surface area contributed by atoms with Gasteiger partial charge in [0.1, 0.15) is 11.2 Å². The van der Waals surface area contributed by atoms with Crippen LogP contribution in [-0.4, -0.2) is 52.5 Å². The minimum Gasteiger partial charge on any atom is -0.460 e. The highest BCUT2D eigenvalue weighted by molar-refractivity contribution is 5.71. The van der Waals surface area contributed by atoms with E-state index in [0.29, 0.717) is 6.54 Å². The lowest BCUT2D eigenvalue weighted by molar-refractivity contribution is -0.156. The van der Waals surface area contributed by atoms with Crippen LogP contribution < -0.4 is 0 Å². The molecule has 0 bridgehead atoms. The van der Waals surface area contributed by atoms with Gasteiger partial charge in [-0.3, -0.25) is 4.79 Å². The van der Waals surface area contributed by atoms with Gasteiger partial charge in [0.25, 0.3) is 0 Å². The van der Waals surface area contributed by atoms with Crippen molar-refractivity contribution in [3.8, 4) is 0 Å². The SMILES string of the molecule is CC(C)(C)OC(=O)C[C@H]1CN(C(=O)OC(C)(C)C)C[C@@H]1O. The highest BCUT2D eigenvalue weighted by atomic mass is 16.6. The monoisotopic (exact) mass is 301 g/mol. The Hall–Kier alpha value is -1.30. The topological polar surface area (TPSA) is 76.1 Å². The van der Waals surface area contributed by atoms with Gasteiger partial charge in [-0.1, -0.05) is 0 Å². The maximum absolute atomic E-state index is 11.9. The molecule has 0 aromatic rings. The molecule has 1 N–H and O–H groups in total. The molecule has 0 aliphatic carbocycles. The molecular weight excluding hydrogens is 274 g/mol. The summed E-state index contributed by atoms with van der Waals surface area (Å²) in [4.78, 5) is 25.2. The highest BCUT2D eigenvalue weighted by Gasteiger charge is 2.37. The maximum atomic E-state index is 11.9. The first-order chi connectivity index (χ1) is 9.37. The lowest BCUT2D eigenvalue weighted by atomic mass is 10.0. The first-order valence-electron chi connectivity index (χ1n) is 7.25. The molecule has 0 radical (unpaired) electrons. The Morgan fingerprint density at radius 2 is 1.57 bits per heavy atom. The number of carbonyl (C=O) groups is 2. The summed E-state index contributed by atoms with van der Waals surface area (Å²) in [5.74, 6) is -0.676. The van der Waals surface area contributed by atoms with Crippen molar-refractivity contribution >= 4 is 12.1 Å². The van der Waals surface area contributed by atoms with Crippen LogP contribution in [-0.2, 0) is 14.3 Å². The van der Waals surface area contributed by atoms with Crippen molar-refractivity contribution in [3.63, 3.8) is 0 Å². The summed E-state index contributed by atoms with van der Waals surface area (Å²) in [6.45, 7) is 11.2. The lowest BCUT2D eigenvalue weighted by Gasteiger charge is -2.24. The molecular formula is C15H27NO5. The van der Waals surface area contributed by atoms with Crippen LogP contribution >= 0.6 is 0 Å². The number of rotatable bonds is 2. The fourth-order valence-electron chi connectivity index (χ4n) is 2.13. The Balaban J connectivity index is 2.53. The largest absolute Gasteiger partial charge is 0.460 e. The summed E-state index contributed by atoms with van der Waals surface area (Å²) in [5.41, 5.74) is -1.13. The number of nitrogens with zero attached hydrogens (tertiary/aromatic N) is 1. The van der Waals surface area contributed by atoms with Gasteiger partial charge in [0.2, 0.25) is 0 Å². The molecule has 6 heteroatoms. The number of hydrogen-bond donors (Lipinski definition) is 1. The molecule has 0 aromatic carbocycles. The quantitative estimate of drug-likeness (QED) is 0.789. The van der Waals surface area contributed by atoms with Crippen LogP contribution in [0, 0.1) is 5.92 Å². The smallest absolute Gasteiger partial charge is 0.410 e. The van der Waals surface area contributed by atoms with E-state index >= 15 is 0 Å². The predicted octanol–water partition coefficient (Wildman–Crippen LogP) is 1.95. The zero-order valence-electron chi connectivity index (χ0n) is 13.8. The van der Waals surface area contributed by atoms with E-state index in [9.17, 15) is 14.7 Å². The molecule has 0 saturated carbocycles. The van der Waals surface area contributed by atoms with Crippen LogP contribution in [0.15, 0.2) is 0 Å². The molecule has 0 spiro atoms. The van der Waals surface area contributed by atoms with Crippen molar-refractivity contribution in [1.29, 1.82) is 0 Å². The van der Waals surface area contributed by atoms with Gasteiger partial charge in [-0.2, -0.15) is 0 Å². The van der Waals surface area contributed by atoms with Gasteiger partial charge in [0, 0.05) is 12.5 Å². The highest BCUT2D eigenvalue weighted by Crippen LogP contribution is 2.24. The Morgan fingerprint density at radius 3 is 2.05 bits per heavy atom. The fraction of sp³-hybridized carbons (Fsp3) is 0.867. The van der Waals surface area contributed by atoms with Crippen LogP contribution in [0.3, 0.4) is 0 Å². The molecule has 2 atom stereocenters. The summed E-state index contributed by atoms with van der Waals surface area (Å²) < 4.78 is 10.5. The van der Waals surface area contributed by atoms with Gasteiger partial charge in [0.05, 0.1) is 19.1 Å². The Bertz CT molecular complexity index is 394. The van der Waals surface area contributed by atoms with Crippen molar-refractivity contribution in [3.05, 3.63) is 0 Å². The maximum Gasteiger partial charge on any atom is 0.410 e. The molecule has 1 aliphatic heterocycles. The Kier molecular flexibility index (Phi) is 5.25. The zero-order valence-corrected chi connectivity index (χ0v) is 13.8. The standard InChI is InChI=1S/C15H27NO5/c1-14(2,3)20-12(18)7-10-8-16(9-11(10)17)13(19)21-15(4,5)6/h10-11,17H,7-9H2,1-6H3/t10-,11-/m0/s1. The fourth-order valence-corrected chi connectivity index (χ4v) is 2.13. The third kappa shape index (κ3) is 6.33. The van der Waals surface area contributed by atoms with Crippen LogP contribution in [0.5, 0.6) is 0 Å². The van der Waals surface area contributed by atoms with Crippen LogP contribution in [0.2, 0.25) is 0 Å². The molecule has 1 heterocycles. The van der Waals surface area contributed by atoms with E-state index in [2.05, 4.69) is 0 Å². The van der Waals surface area contributed by atoms with Crippen LogP contribution in [0.1, 0.15) is 48.0 Å². The molecule has 1 amide bonds. The van der Waals surface area contributed by atoms with E-state index in [4.69, 9.17) is 9.47 Å². The van der Waals surface area contributed by atoms with E-state index in [1.54, 1.807) is 41.5 Å². The molecule has 1 fully saturated rings. The van der Waals surface area contributed by atoms with Gasteiger partial charge in [-0.15, -0.1) is 0 Å². The van der Waals surface area contributed by atoms with Gasteiger partial charge in [-0.05, 0) is 41.5 Å². The number of aliphatic hydroxyl groups is 1. The third-order valence-corrected chi connectivity index (χ3v) is 2.91. The molecule has 0 aromatic heterocycles. The van der Waals surface area contributed by atoms with Crippen molar-refractivity contribution in [2.45, 2.75) is 65.3 Å². The van der Waals surface area contributed by atoms with Gasteiger partial charge >= 0.3 is 12.1 Å². The van der Waals surface area contributed by atoms with E-state index in [0.717, 1.165) is 0 Å². The normalized spacial score (nSPS) is 23.1. The second-order valence-electron chi connectivity index (χ2n) is 7.50. The zero-order chi connectivity index (χ0) is 16.4. The number of hydrogen-bond acceptors (Lipinski definition) is 5. The average molecular weight is 301 g/mol. The van der Waals surface area contributed by atoms with E-state index in [1.807, 2.05) is 0 Å². The Morgan fingerprint density at radius 1 is 1.05 bits per heavy atom. The average Bonchev–Trinajstić information content (AvgIpc) is 2.54. The van der Waals surface area contributed by atoms with Crippen LogP contribution in [0.4, 0.5) is 4.79 Å². The third-order valence-electron chi connectivity index (χ3n) is 2.91.